The van der Waals surface area contributed by atoms with Crippen LogP contribution in [0.2, 0.25) is 0 Å². The summed E-state index contributed by atoms with van der Waals surface area (Å²) in [7, 11) is 0. The number of carbonyl (C=O) groups is 1. The van der Waals surface area contributed by atoms with Crippen molar-refractivity contribution in [3.63, 3.8) is 0 Å². The van der Waals surface area contributed by atoms with Crippen LogP contribution in [0, 0.1) is 10.1 Å². The third-order valence-corrected chi connectivity index (χ3v) is 5.31. The van der Waals surface area contributed by atoms with E-state index in [0.29, 0.717) is 37.1 Å². The molecule has 0 aromatic carbocycles. The molecule has 2 aromatic rings. The summed E-state index contributed by atoms with van der Waals surface area (Å²) < 4.78 is 0. The molecule has 0 spiro atoms. The lowest BCUT2D eigenvalue weighted by Gasteiger charge is -2.36. The van der Waals surface area contributed by atoms with Crippen molar-refractivity contribution in [2.24, 2.45) is 0 Å². The largest absolute Gasteiger partial charge is 0.380 e. The maximum absolute atomic E-state index is 12.4. The van der Waals surface area contributed by atoms with E-state index in [-0.39, 0.29) is 10.9 Å². The first-order chi connectivity index (χ1) is 13.4. The van der Waals surface area contributed by atoms with Crippen LogP contribution in [0.5, 0.6) is 0 Å². The molecule has 0 unspecified atom stereocenters. The number of nitrogens with one attached hydrogen (secondary N) is 1. The number of anilines is 2. The average Bonchev–Trinajstić information content (AvgIpc) is 3.16. The molecule has 1 amide bonds. The molecule has 0 atom stereocenters. The zero-order valence-electron chi connectivity index (χ0n) is 15.9. The number of nitrogens with zero attached hydrogens (tertiary/aromatic N) is 4. The highest BCUT2D eigenvalue weighted by Gasteiger charge is 2.22. The maximum Gasteiger partial charge on any atom is 0.324 e. The van der Waals surface area contributed by atoms with Crippen LogP contribution in [-0.4, -0.2) is 52.9 Å². The Hall–Kier alpha value is -2.94. The first-order valence-corrected chi connectivity index (χ1v) is 9.93. The van der Waals surface area contributed by atoms with Crippen LogP contribution in [0.15, 0.2) is 36.5 Å². The van der Waals surface area contributed by atoms with E-state index in [0.717, 1.165) is 22.8 Å². The highest BCUT2D eigenvalue weighted by atomic mass is 32.1. The summed E-state index contributed by atoms with van der Waals surface area (Å²) in [6.07, 6.45) is 4.90. The molecule has 2 aromatic heterocycles. The van der Waals surface area contributed by atoms with Gasteiger partial charge in [-0.05, 0) is 38.1 Å². The second kappa shape index (κ2) is 8.83. The highest BCUT2D eigenvalue weighted by Crippen LogP contribution is 2.26. The number of carbonyl (C=O) groups excluding carboxylic acids is 1. The van der Waals surface area contributed by atoms with Gasteiger partial charge in [0.05, 0.1) is 10.6 Å². The van der Waals surface area contributed by atoms with Gasteiger partial charge in [0.2, 0.25) is 5.91 Å². The average molecular weight is 401 g/mol. The zero-order chi connectivity index (χ0) is 20.1. The third kappa shape index (κ3) is 4.86. The van der Waals surface area contributed by atoms with Crippen LogP contribution in [0.3, 0.4) is 0 Å². The minimum absolute atomic E-state index is 0.0712. The van der Waals surface area contributed by atoms with Gasteiger partial charge >= 0.3 is 5.00 Å². The molecule has 0 radical (unpaired) electrons. The van der Waals surface area contributed by atoms with Gasteiger partial charge in [0.25, 0.3) is 0 Å². The topological polar surface area (TPSA) is 91.6 Å². The molecule has 1 N–H and O–H groups in total. The van der Waals surface area contributed by atoms with Crippen molar-refractivity contribution in [3.05, 3.63) is 51.5 Å². The molecule has 1 fully saturated rings. The van der Waals surface area contributed by atoms with Crippen molar-refractivity contribution in [3.8, 4) is 0 Å². The molecule has 1 aliphatic heterocycles. The number of nitro groups is 1. The second-order valence-electron chi connectivity index (χ2n) is 6.75. The van der Waals surface area contributed by atoms with E-state index in [4.69, 9.17) is 0 Å². The number of thiophene rings is 1. The predicted octanol–water partition coefficient (Wildman–Crippen LogP) is 3.23. The van der Waals surface area contributed by atoms with Crippen molar-refractivity contribution in [1.29, 1.82) is 0 Å². The molecule has 9 heteroatoms. The monoisotopic (exact) mass is 401 g/mol. The Morgan fingerprint density at radius 1 is 1.29 bits per heavy atom. The van der Waals surface area contributed by atoms with Gasteiger partial charge < -0.3 is 15.1 Å². The Kier molecular flexibility index (Phi) is 6.25. The summed E-state index contributed by atoms with van der Waals surface area (Å²) in [5, 5.41) is 14.2. The van der Waals surface area contributed by atoms with Crippen LogP contribution in [0.1, 0.15) is 18.7 Å². The first-order valence-electron chi connectivity index (χ1n) is 9.12. The number of hydrogen-bond donors (Lipinski definition) is 1. The lowest BCUT2D eigenvalue weighted by molar-refractivity contribution is -0.380. The van der Waals surface area contributed by atoms with Crippen molar-refractivity contribution in [2.75, 3.05) is 36.4 Å². The number of aromatic nitrogens is 1. The van der Waals surface area contributed by atoms with E-state index < -0.39 is 4.92 Å². The molecule has 0 saturated carbocycles. The van der Waals surface area contributed by atoms with Gasteiger partial charge in [-0.1, -0.05) is 11.3 Å². The molecule has 148 valence electrons. The molecule has 0 bridgehead atoms. The smallest absolute Gasteiger partial charge is 0.324 e. The standard InChI is InChI=1S/C19H23N5O3S/c1-14(2)21-16-4-3-9-20-19(16)23-12-10-22(11-13-23)17(25)7-5-15-6-8-18(28-15)24(26)27/h3-9,14,21H,10-13H2,1-2H3/b7-5+. The van der Waals surface area contributed by atoms with Gasteiger partial charge in [-0.2, -0.15) is 0 Å². The molecule has 1 aliphatic rings. The lowest BCUT2D eigenvalue weighted by atomic mass is 10.2. The quantitative estimate of drug-likeness (QED) is 0.454. The van der Waals surface area contributed by atoms with Crippen LogP contribution in [-0.2, 0) is 4.79 Å². The molecular formula is C19H23N5O3S. The Morgan fingerprint density at radius 3 is 2.68 bits per heavy atom. The molecule has 28 heavy (non-hydrogen) atoms. The number of rotatable bonds is 6. The van der Waals surface area contributed by atoms with E-state index in [1.165, 1.54) is 12.1 Å². The molecule has 3 heterocycles. The number of hydrogen-bond acceptors (Lipinski definition) is 7. The van der Waals surface area contributed by atoms with Gasteiger partial charge in [-0.3, -0.25) is 14.9 Å². The fraction of sp³-hybridized carbons (Fsp3) is 0.368. The zero-order valence-corrected chi connectivity index (χ0v) is 16.7. The molecule has 8 nitrogen and oxygen atoms in total. The Balaban J connectivity index is 1.58. The fourth-order valence-electron chi connectivity index (χ4n) is 3.00. The maximum atomic E-state index is 12.4. The Bertz CT molecular complexity index is 872. The van der Waals surface area contributed by atoms with Crippen LogP contribution in [0.4, 0.5) is 16.5 Å². The minimum Gasteiger partial charge on any atom is -0.380 e. The fourth-order valence-corrected chi connectivity index (χ4v) is 3.72. The summed E-state index contributed by atoms with van der Waals surface area (Å²) in [6, 6.07) is 7.33. The van der Waals surface area contributed by atoms with Crippen LogP contribution in [0.25, 0.3) is 6.08 Å². The van der Waals surface area contributed by atoms with Gasteiger partial charge in [0.15, 0.2) is 5.82 Å². The molecule has 1 saturated heterocycles. The highest BCUT2D eigenvalue weighted by molar-refractivity contribution is 7.16. The van der Waals surface area contributed by atoms with Crippen LogP contribution >= 0.6 is 11.3 Å². The first kappa shape index (κ1) is 19.8. The van der Waals surface area contributed by atoms with Crippen molar-refractivity contribution in [1.82, 2.24) is 9.88 Å². The number of amides is 1. The number of piperazine rings is 1. The Morgan fingerprint density at radius 2 is 2.04 bits per heavy atom. The van der Waals surface area contributed by atoms with Gasteiger partial charge in [0, 0.05) is 55.4 Å². The summed E-state index contributed by atoms with van der Waals surface area (Å²) in [4.78, 5) is 31.9. The van der Waals surface area contributed by atoms with E-state index in [1.807, 2.05) is 12.1 Å². The van der Waals surface area contributed by atoms with Gasteiger partial charge in [-0.15, -0.1) is 0 Å². The van der Waals surface area contributed by atoms with Crippen molar-refractivity contribution in [2.45, 2.75) is 19.9 Å². The van der Waals surface area contributed by atoms with Gasteiger partial charge in [0.1, 0.15) is 0 Å². The molecule has 3 rings (SSSR count). The second-order valence-corrected chi connectivity index (χ2v) is 7.85. The lowest BCUT2D eigenvalue weighted by Crippen LogP contribution is -2.48. The molecule has 0 aliphatic carbocycles. The SMILES string of the molecule is CC(C)Nc1cccnc1N1CCN(C(=O)/C=C/c2ccc([N+](=O)[O-])s2)CC1. The summed E-state index contributed by atoms with van der Waals surface area (Å²) in [5.41, 5.74) is 0.997. The van der Waals surface area contributed by atoms with E-state index in [1.54, 1.807) is 23.2 Å². The van der Waals surface area contributed by atoms with E-state index in [9.17, 15) is 14.9 Å². The normalized spacial score (nSPS) is 14.7. The predicted molar refractivity (Wildman–Crippen MR) is 112 cm³/mol. The molecular weight excluding hydrogens is 378 g/mol. The van der Waals surface area contributed by atoms with Gasteiger partial charge in [-0.25, -0.2) is 4.98 Å². The summed E-state index contributed by atoms with van der Waals surface area (Å²) in [6.45, 7) is 6.78. The Labute approximate surface area is 167 Å². The summed E-state index contributed by atoms with van der Waals surface area (Å²) in [5.74, 6) is 0.821. The summed E-state index contributed by atoms with van der Waals surface area (Å²) >= 11 is 1.05. The van der Waals surface area contributed by atoms with E-state index >= 15 is 0 Å². The van der Waals surface area contributed by atoms with Crippen molar-refractivity contribution >= 4 is 39.8 Å². The number of pyridine rings is 1. The third-order valence-electron chi connectivity index (χ3n) is 4.30. The van der Waals surface area contributed by atoms with Crippen molar-refractivity contribution < 1.29 is 9.72 Å². The van der Waals surface area contributed by atoms with Crippen LogP contribution < -0.4 is 10.2 Å². The minimum atomic E-state index is -0.428. The van der Waals surface area contributed by atoms with E-state index in [2.05, 4.69) is 29.0 Å².